The zero-order valence-electron chi connectivity index (χ0n) is 18.2. The van der Waals surface area contributed by atoms with E-state index < -0.39 is 5.60 Å². The zero-order valence-corrected chi connectivity index (χ0v) is 19.0. The lowest BCUT2D eigenvalue weighted by Crippen LogP contribution is -2.39. The van der Waals surface area contributed by atoms with Gasteiger partial charge < -0.3 is 14.1 Å². The third kappa shape index (κ3) is 5.57. The summed E-state index contributed by atoms with van der Waals surface area (Å²) in [7, 11) is 0. The summed E-state index contributed by atoms with van der Waals surface area (Å²) in [5.41, 5.74) is 3.21. The number of halogens is 1. The van der Waals surface area contributed by atoms with Crippen LogP contribution in [0.3, 0.4) is 0 Å². The SMILES string of the molecule is CC(C)(C)OC(=O)N1CCCN(Cc2ccc3oc(-c4ccc(Cl)cc4)nc3c2)CC1. The van der Waals surface area contributed by atoms with Gasteiger partial charge in [0.25, 0.3) is 0 Å². The predicted molar refractivity (Wildman–Crippen MR) is 122 cm³/mol. The van der Waals surface area contributed by atoms with Gasteiger partial charge in [0.15, 0.2) is 5.58 Å². The van der Waals surface area contributed by atoms with Crippen molar-refractivity contribution in [2.75, 3.05) is 26.2 Å². The average molecular weight is 442 g/mol. The third-order valence-corrected chi connectivity index (χ3v) is 5.44. The summed E-state index contributed by atoms with van der Waals surface area (Å²) in [6, 6.07) is 13.6. The number of nitrogens with zero attached hydrogens (tertiary/aromatic N) is 3. The third-order valence-electron chi connectivity index (χ3n) is 5.19. The van der Waals surface area contributed by atoms with Gasteiger partial charge in [-0.3, -0.25) is 4.90 Å². The van der Waals surface area contributed by atoms with E-state index in [9.17, 15) is 4.79 Å². The molecular weight excluding hydrogens is 414 g/mol. The van der Waals surface area contributed by atoms with Crippen LogP contribution in [0.5, 0.6) is 0 Å². The van der Waals surface area contributed by atoms with Gasteiger partial charge >= 0.3 is 6.09 Å². The second-order valence-corrected chi connectivity index (χ2v) is 9.36. The van der Waals surface area contributed by atoms with Crippen LogP contribution < -0.4 is 0 Å². The Balaban J connectivity index is 1.41. The number of fused-ring (bicyclic) bond motifs is 1. The maximum atomic E-state index is 12.4. The largest absolute Gasteiger partial charge is 0.444 e. The topological polar surface area (TPSA) is 58.8 Å². The van der Waals surface area contributed by atoms with Crippen LogP contribution in [0.4, 0.5) is 4.79 Å². The summed E-state index contributed by atoms with van der Waals surface area (Å²) < 4.78 is 11.4. The minimum absolute atomic E-state index is 0.229. The standard InChI is InChI=1S/C24H28ClN3O3/c1-24(2,3)31-23(29)28-12-4-11-27(13-14-28)16-17-5-10-21-20(15-17)26-22(30-21)18-6-8-19(25)9-7-18/h5-10,15H,4,11-14,16H2,1-3H3. The fourth-order valence-corrected chi connectivity index (χ4v) is 3.81. The van der Waals surface area contributed by atoms with Gasteiger partial charge in [0.05, 0.1) is 0 Å². The minimum Gasteiger partial charge on any atom is -0.444 e. The second kappa shape index (κ2) is 8.89. The van der Waals surface area contributed by atoms with Crippen molar-refractivity contribution in [2.24, 2.45) is 0 Å². The molecule has 4 rings (SSSR count). The quantitative estimate of drug-likeness (QED) is 0.530. The van der Waals surface area contributed by atoms with Crippen molar-refractivity contribution in [1.82, 2.24) is 14.8 Å². The van der Waals surface area contributed by atoms with Crippen LogP contribution in [0.1, 0.15) is 32.8 Å². The van der Waals surface area contributed by atoms with Crippen LogP contribution in [0.15, 0.2) is 46.9 Å². The first kappa shape index (κ1) is 21.7. The zero-order chi connectivity index (χ0) is 22.0. The molecule has 0 spiro atoms. The number of hydrogen-bond donors (Lipinski definition) is 0. The van der Waals surface area contributed by atoms with Crippen LogP contribution in [-0.2, 0) is 11.3 Å². The van der Waals surface area contributed by atoms with Crippen molar-refractivity contribution in [3.8, 4) is 11.5 Å². The first-order valence-electron chi connectivity index (χ1n) is 10.6. The molecule has 0 atom stereocenters. The smallest absolute Gasteiger partial charge is 0.410 e. The normalized spacial score (nSPS) is 15.8. The lowest BCUT2D eigenvalue weighted by molar-refractivity contribution is 0.0257. The van der Waals surface area contributed by atoms with E-state index in [0.717, 1.165) is 49.3 Å². The Morgan fingerprint density at radius 1 is 1.10 bits per heavy atom. The number of hydrogen-bond acceptors (Lipinski definition) is 5. The maximum Gasteiger partial charge on any atom is 0.410 e. The number of aromatic nitrogens is 1. The highest BCUT2D eigenvalue weighted by Crippen LogP contribution is 2.26. The summed E-state index contributed by atoms with van der Waals surface area (Å²) in [6.45, 7) is 9.63. The van der Waals surface area contributed by atoms with Crippen molar-refractivity contribution in [1.29, 1.82) is 0 Å². The fourth-order valence-electron chi connectivity index (χ4n) is 3.68. The summed E-state index contributed by atoms with van der Waals surface area (Å²) >= 11 is 5.97. The summed E-state index contributed by atoms with van der Waals surface area (Å²) in [5.74, 6) is 0.589. The lowest BCUT2D eigenvalue weighted by atomic mass is 10.2. The van der Waals surface area contributed by atoms with Gasteiger partial charge in [0, 0.05) is 43.3 Å². The van der Waals surface area contributed by atoms with E-state index in [2.05, 4.69) is 22.0 Å². The molecule has 0 radical (unpaired) electrons. The van der Waals surface area contributed by atoms with Crippen LogP contribution >= 0.6 is 11.6 Å². The molecule has 7 heteroatoms. The highest BCUT2D eigenvalue weighted by atomic mass is 35.5. The summed E-state index contributed by atoms with van der Waals surface area (Å²) in [6.07, 6.45) is 0.694. The number of benzene rings is 2. The van der Waals surface area contributed by atoms with E-state index in [0.29, 0.717) is 17.5 Å². The predicted octanol–water partition coefficient (Wildman–Crippen LogP) is 5.59. The van der Waals surface area contributed by atoms with Crippen molar-refractivity contribution < 1.29 is 13.9 Å². The minimum atomic E-state index is -0.471. The summed E-state index contributed by atoms with van der Waals surface area (Å²) in [4.78, 5) is 21.2. The van der Waals surface area contributed by atoms with E-state index in [4.69, 9.17) is 20.8 Å². The van der Waals surface area contributed by atoms with Crippen molar-refractivity contribution in [2.45, 2.75) is 39.3 Å². The first-order valence-corrected chi connectivity index (χ1v) is 11.0. The monoisotopic (exact) mass is 441 g/mol. The van der Waals surface area contributed by atoms with E-state index in [1.54, 1.807) is 0 Å². The molecule has 0 bridgehead atoms. The number of ether oxygens (including phenoxy) is 1. The van der Waals surface area contributed by atoms with E-state index in [1.165, 1.54) is 5.56 Å². The molecule has 0 saturated carbocycles. The number of amides is 1. The maximum absolute atomic E-state index is 12.4. The second-order valence-electron chi connectivity index (χ2n) is 8.93. The molecule has 0 unspecified atom stereocenters. The molecule has 1 amide bonds. The molecular formula is C24H28ClN3O3. The molecule has 1 aromatic heterocycles. The number of rotatable bonds is 3. The molecule has 6 nitrogen and oxygen atoms in total. The Hall–Kier alpha value is -2.57. The molecule has 2 aromatic carbocycles. The van der Waals surface area contributed by atoms with Gasteiger partial charge in [0.1, 0.15) is 11.1 Å². The van der Waals surface area contributed by atoms with E-state index in [1.807, 2.05) is 56.0 Å². The van der Waals surface area contributed by atoms with Crippen LogP contribution in [-0.4, -0.2) is 52.7 Å². The van der Waals surface area contributed by atoms with Gasteiger partial charge in [-0.05, 0) is 69.2 Å². The van der Waals surface area contributed by atoms with E-state index >= 15 is 0 Å². The van der Waals surface area contributed by atoms with Gasteiger partial charge in [-0.1, -0.05) is 17.7 Å². The Morgan fingerprint density at radius 2 is 1.87 bits per heavy atom. The Bertz CT molecular complexity index is 1060. The van der Waals surface area contributed by atoms with Crippen LogP contribution in [0.2, 0.25) is 5.02 Å². The average Bonchev–Trinajstić information content (AvgIpc) is 2.98. The van der Waals surface area contributed by atoms with Crippen molar-refractivity contribution in [3.05, 3.63) is 53.1 Å². The highest BCUT2D eigenvalue weighted by molar-refractivity contribution is 6.30. The molecule has 164 valence electrons. The molecule has 2 heterocycles. The van der Waals surface area contributed by atoms with Gasteiger partial charge in [-0.25, -0.2) is 9.78 Å². The van der Waals surface area contributed by atoms with Gasteiger partial charge in [-0.15, -0.1) is 0 Å². The molecule has 1 aliphatic rings. The van der Waals surface area contributed by atoms with Crippen molar-refractivity contribution >= 4 is 28.8 Å². The Labute approximate surface area is 187 Å². The lowest BCUT2D eigenvalue weighted by Gasteiger charge is -2.26. The molecule has 1 saturated heterocycles. The highest BCUT2D eigenvalue weighted by Gasteiger charge is 2.24. The number of oxazole rings is 1. The van der Waals surface area contributed by atoms with Crippen molar-refractivity contribution in [3.63, 3.8) is 0 Å². The molecule has 0 N–H and O–H groups in total. The van der Waals surface area contributed by atoms with Crippen LogP contribution in [0.25, 0.3) is 22.6 Å². The number of carbonyl (C=O) groups excluding carboxylic acids is 1. The molecule has 1 aliphatic heterocycles. The first-order chi connectivity index (χ1) is 14.8. The van der Waals surface area contributed by atoms with E-state index in [-0.39, 0.29) is 6.09 Å². The fraction of sp³-hybridized carbons (Fsp3) is 0.417. The Kier molecular flexibility index (Phi) is 6.21. The van der Waals surface area contributed by atoms with Gasteiger partial charge in [-0.2, -0.15) is 0 Å². The molecule has 0 aliphatic carbocycles. The Morgan fingerprint density at radius 3 is 2.61 bits per heavy atom. The van der Waals surface area contributed by atoms with Gasteiger partial charge in [0.2, 0.25) is 5.89 Å². The molecule has 3 aromatic rings. The van der Waals surface area contributed by atoms with Crippen LogP contribution in [0, 0.1) is 0 Å². The molecule has 31 heavy (non-hydrogen) atoms. The molecule has 1 fully saturated rings. The number of carbonyl (C=O) groups is 1. The summed E-state index contributed by atoms with van der Waals surface area (Å²) in [5, 5.41) is 0.685.